The van der Waals surface area contributed by atoms with Crippen molar-refractivity contribution in [1.82, 2.24) is 24.6 Å². The van der Waals surface area contributed by atoms with Crippen LogP contribution in [-0.4, -0.2) is 58.3 Å². The summed E-state index contributed by atoms with van der Waals surface area (Å²) in [5.74, 6) is -0.816. The van der Waals surface area contributed by atoms with E-state index in [-0.39, 0.29) is 53.8 Å². The number of carbonyl (C=O) groups is 1. The molecule has 1 atom stereocenters. The molecular formula is C26H29F4N7O3. The molecule has 0 spiro atoms. The van der Waals surface area contributed by atoms with E-state index in [0.717, 1.165) is 0 Å². The topological polar surface area (TPSA) is 112 Å². The van der Waals surface area contributed by atoms with Crippen molar-refractivity contribution in [2.24, 2.45) is 0 Å². The first-order valence-corrected chi connectivity index (χ1v) is 12.6. The molecule has 14 heteroatoms. The number of nitrogen functional groups attached to an aromatic ring is 1. The molecule has 3 aromatic rings. The number of aromatic nitrogens is 4. The van der Waals surface area contributed by atoms with Crippen LogP contribution in [0.3, 0.4) is 0 Å². The number of nitrogens with zero attached hydrogens (tertiary/aromatic N) is 6. The average Bonchev–Trinajstić information content (AvgIpc) is 3.05. The Kier molecular flexibility index (Phi) is 7.06. The number of hydrogen-bond acceptors (Lipinski definition) is 8. The van der Waals surface area contributed by atoms with Gasteiger partial charge in [-0.3, -0.25) is 9.48 Å². The lowest BCUT2D eigenvalue weighted by atomic mass is 9.92. The third-order valence-electron chi connectivity index (χ3n) is 7.10. The fraction of sp³-hybridized carbons (Fsp3) is 0.462. The van der Waals surface area contributed by atoms with Crippen LogP contribution in [0.2, 0.25) is 0 Å². The van der Waals surface area contributed by atoms with Crippen LogP contribution >= 0.6 is 0 Å². The zero-order valence-corrected chi connectivity index (χ0v) is 22.5. The first-order valence-electron chi connectivity index (χ1n) is 12.6. The van der Waals surface area contributed by atoms with Crippen molar-refractivity contribution >= 4 is 17.4 Å². The Balaban J connectivity index is 1.52. The van der Waals surface area contributed by atoms with E-state index < -0.39 is 29.6 Å². The number of benzene rings is 1. The highest BCUT2D eigenvalue weighted by atomic mass is 19.4. The maximum atomic E-state index is 15.4. The number of ether oxygens (including phenoxy) is 2. The lowest BCUT2D eigenvalue weighted by Crippen LogP contribution is -2.29. The van der Waals surface area contributed by atoms with Gasteiger partial charge in [0.05, 0.1) is 43.3 Å². The van der Waals surface area contributed by atoms with E-state index >= 15 is 4.39 Å². The van der Waals surface area contributed by atoms with Crippen LogP contribution in [0.1, 0.15) is 56.7 Å². The highest BCUT2D eigenvalue weighted by molar-refractivity contribution is 5.92. The quantitative estimate of drug-likeness (QED) is 0.378. The van der Waals surface area contributed by atoms with Crippen LogP contribution in [-0.2, 0) is 37.0 Å². The molecule has 0 saturated carbocycles. The Morgan fingerprint density at radius 3 is 2.65 bits per heavy atom. The van der Waals surface area contributed by atoms with Gasteiger partial charge in [-0.05, 0) is 36.6 Å². The predicted octanol–water partition coefficient (Wildman–Crippen LogP) is 3.66. The number of fused-ring (bicyclic) bond motifs is 2. The largest absolute Gasteiger partial charge is 0.467 e. The van der Waals surface area contributed by atoms with Crippen molar-refractivity contribution < 1.29 is 31.8 Å². The van der Waals surface area contributed by atoms with Crippen molar-refractivity contribution in [2.45, 2.75) is 51.7 Å². The van der Waals surface area contributed by atoms with Gasteiger partial charge in [-0.1, -0.05) is 0 Å². The number of alkyl halides is 3. The predicted molar refractivity (Wildman–Crippen MR) is 136 cm³/mol. The Labute approximate surface area is 227 Å². The monoisotopic (exact) mass is 563 g/mol. The molecule has 1 amide bonds. The molecule has 0 fully saturated rings. The van der Waals surface area contributed by atoms with Gasteiger partial charge in [-0.15, -0.1) is 0 Å². The van der Waals surface area contributed by atoms with Crippen molar-refractivity contribution in [3.63, 3.8) is 0 Å². The fourth-order valence-corrected chi connectivity index (χ4v) is 5.28. The van der Waals surface area contributed by atoms with Crippen molar-refractivity contribution in [1.29, 1.82) is 0 Å². The van der Waals surface area contributed by atoms with Gasteiger partial charge < -0.3 is 25.0 Å². The Bertz CT molecular complexity index is 1470. The lowest BCUT2D eigenvalue weighted by Gasteiger charge is -2.31. The molecule has 1 aromatic carbocycles. The van der Waals surface area contributed by atoms with Gasteiger partial charge in [-0.2, -0.15) is 28.2 Å². The number of hydrogen-bond donors (Lipinski definition) is 1. The van der Waals surface area contributed by atoms with Gasteiger partial charge in [-0.25, -0.2) is 4.39 Å². The van der Waals surface area contributed by atoms with E-state index in [1.54, 1.807) is 0 Å². The lowest BCUT2D eigenvalue weighted by molar-refractivity contribution is -0.140. The van der Waals surface area contributed by atoms with E-state index in [1.807, 2.05) is 4.90 Å². The maximum Gasteiger partial charge on any atom is 0.417 e. The Hall–Kier alpha value is -3.94. The summed E-state index contributed by atoms with van der Waals surface area (Å²) in [4.78, 5) is 24.5. The van der Waals surface area contributed by atoms with E-state index in [0.29, 0.717) is 36.6 Å². The molecule has 2 aromatic heterocycles. The van der Waals surface area contributed by atoms with Crippen LogP contribution in [0.5, 0.6) is 6.01 Å². The van der Waals surface area contributed by atoms with Crippen molar-refractivity contribution in [3.05, 3.63) is 57.3 Å². The summed E-state index contributed by atoms with van der Waals surface area (Å²) in [6.45, 7) is 2.21. The number of rotatable bonds is 4. The number of anilines is 2. The maximum absolute atomic E-state index is 15.4. The highest BCUT2D eigenvalue weighted by Gasteiger charge is 2.39. The van der Waals surface area contributed by atoms with E-state index in [4.69, 9.17) is 15.2 Å². The molecule has 0 radical (unpaired) electrons. The Morgan fingerprint density at radius 2 is 1.98 bits per heavy atom. The fourth-order valence-electron chi connectivity index (χ4n) is 5.28. The number of amides is 1. The highest BCUT2D eigenvalue weighted by Crippen LogP contribution is 2.43. The zero-order chi connectivity index (χ0) is 28.9. The van der Waals surface area contributed by atoms with E-state index in [9.17, 15) is 18.0 Å². The normalized spacial score (nSPS) is 17.2. The van der Waals surface area contributed by atoms with Gasteiger partial charge in [0.1, 0.15) is 5.82 Å². The molecule has 0 saturated heterocycles. The summed E-state index contributed by atoms with van der Waals surface area (Å²) in [5, 5.41) is 4.21. The third kappa shape index (κ3) is 4.91. The molecule has 0 aliphatic carbocycles. The molecule has 1 unspecified atom stereocenters. The average molecular weight is 564 g/mol. The summed E-state index contributed by atoms with van der Waals surface area (Å²) in [6.07, 6.45) is -4.96. The summed E-state index contributed by atoms with van der Waals surface area (Å²) >= 11 is 0. The van der Waals surface area contributed by atoms with Gasteiger partial charge in [0.25, 0.3) is 5.91 Å². The van der Waals surface area contributed by atoms with Gasteiger partial charge in [0, 0.05) is 44.9 Å². The molecule has 4 heterocycles. The molecule has 2 N–H and O–H groups in total. The minimum atomic E-state index is -4.60. The summed E-state index contributed by atoms with van der Waals surface area (Å²) in [5.41, 5.74) is 6.28. The summed E-state index contributed by atoms with van der Waals surface area (Å²) in [7, 11) is 4.43. The molecule has 40 heavy (non-hydrogen) atoms. The summed E-state index contributed by atoms with van der Waals surface area (Å²) in [6, 6.07) is 2.60. The second-order valence-electron chi connectivity index (χ2n) is 10.1. The summed E-state index contributed by atoms with van der Waals surface area (Å²) < 4.78 is 70.2. The molecule has 10 nitrogen and oxygen atoms in total. The second kappa shape index (κ2) is 10.2. The second-order valence-corrected chi connectivity index (χ2v) is 10.1. The van der Waals surface area contributed by atoms with Gasteiger partial charge in [0.2, 0.25) is 0 Å². The van der Waals surface area contributed by atoms with Crippen LogP contribution in [0.4, 0.5) is 29.1 Å². The van der Waals surface area contributed by atoms with Crippen LogP contribution in [0, 0.1) is 12.7 Å². The van der Waals surface area contributed by atoms with Gasteiger partial charge >= 0.3 is 12.2 Å². The molecule has 5 rings (SSSR count). The third-order valence-corrected chi connectivity index (χ3v) is 7.10. The number of aryl methyl sites for hydroxylation is 2. The first kappa shape index (κ1) is 27.6. The smallest absolute Gasteiger partial charge is 0.417 e. The standard InChI is InChI=1S/C26H29F4N7O3/c1-13-8-14(31)9-15(20(13)26(28,29)30)19-10-17-16(12-40-19)23(33-25(32-17)39-4)36-6-5-7-37-18(11-36)21(27)22(34-37)24(38)35(2)3/h8-9,19H,5-7,10-12,31H2,1-4H3. The van der Waals surface area contributed by atoms with E-state index in [2.05, 4.69) is 15.1 Å². The number of carbonyl (C=O) groups excluding carboxylic acids is 1. The van der Waals surface area contributed by atoms with Crippen LogP contribution < -0.4 is 15.4 Å². The molecule has 2 aliphatic rings. The zero-order valence-electron chi connectivity index (χ0n) is 22.5. The molecule has 2 aliphatic heterocycles. The molecule has 214 valence electrons. The first-order chi connectivity index (χ1) is 18.9. The number of methoxy groups -OCH3 is 1. The Morgan fingerprint density at radius 1 is 1.23 bits per heavy atom. The minimum Gasteiger partial charge on any atom is -0.467 e. The van der Waals surface area contributed by atoms with Crippen molar-refractivity contribution in [2.75, 3.05) is 38.4 Å². The minimum absolute atomic E-state index is 0.00757. The number of nitrogens with two attached hydrogens (primary N) is 1. The number of halogens is 4. The molecule has 0 bridgehead atoms. The SMILES string of the molecule is COc1nc2c(c(N3CCCn4nc(C(=O)N(C)C)c(F)c4C3)n1)COC(c1cc(N)cc(C)c1C(F)(F)F)C2. The van der Waals surface area contributed by atoms with Crippen LogP contribution in [0.25, 0.3) is 0 Å². The van der Waals surface area contributed by atoms with Crippen LogP contribution in [0.15, 0.2) is 12.1 Å². The van der Waals surface area contributed by atoms with Gasteiger partial charge in [0.15, 0.2) is 11.5 Å². The molecular weight excluding hydrogens is 534 g/mol. The van der Waals surface area contributed by atoms with Crippen molar-refractivity contribution in [3.8, 4) is 6.01 Å². The van der Waals surface area contributed by atoms with E-state index in [1.165, 1.54) is 49.8 Å².